The molecular weight excluding hydrogens is 449 g/mol. The van der Waals surface area contributed by atoms with Gasteiger partial charge in [-0.3, -0.25) is 4.90 Å². The predicted octanol–water partition coefficient (Wildman–Crippen LogP) is 4.99. The number of rotatable bonds is 6. The van der Waals surface area contributed by atoms with Crippen LogP contribution in [0.15, 0.2) is 54.6 Å². The molecule has 5 heteroatoms. The minimum Gasteiger partial charge on any atom is -0.497 e. The molecule has 25 heavy (non-hydrogen) atoms. The molecular formula is C20H25ClINO2. The summed E-state index contributed by atoms with van der Waals surface area (Å²) in [6.45, 7) is 3.01. The van der Waals surface area contributed by atoms with Crippen molar-refractivity contribution in [3.05, 3.63) is 60.2 Å². The van der Waals surface area contributed by atoms with E-state index in [9.17, 15) is 0 Å². The van der Waals surface area contributed by atoms with Gasteiger partial charge in [0.15, 0.2) is 0 Å². The second-order valence-corrected chi connectivity index (χ2v) is 6.93. The number of hydrogen-bond donors (Lipinski definition) is 0. The molecule has 0 bridgehead atoms. The van der Waals surface area contributed by atoms with Crippen molar-refractivity contribution >= 4 is 35.0 Å². The fourth-order valence-corrected chi connectivity index (χ4v) is 4.02. The molecule has 0 N–H and O–H groups in total. The van der Waals surface area contributed by atoms with Gasteiger partial charge in [-0.05, 0) is 48.7 Å². The average Bonchev–Trinajstić information content (AvgIpc) is 2.67. The summed E-state index contributed by atoms with van der Waals surface area (Å²) in [4.78, 5) is 2.52. The molecule has 2 aromatic carbocycles. The first-order valence-electron chi connectivity index (χ1n) is 8.40. The Hall–Kier alpha value is -0.980. The zero-order valence-electron chi connectivity index (χ0n) is 14.4. The van der Waals surface area contributed by atoms with Gasteiger partial charge in [-0.1, -0.05) is 52.9 Å². The van der Waals surface area contributed by atoms with Gasteiger partial charge in [-0.2, -0.15) is 0 Å². The third-order valence-corrected chi connectivity index (χ3v) is 5.70. The van der Waals surface area contributed by atoms with E-state index in [0.29, 0.717) is 11.8 Å². The Balaban J connectivity index is 0.00000225. The van der Waals surface area contributed by atoms with Crippen molar-refractivity contribution < 1.29 is 9.47 Å². The van der Waals surface area contributed by atoms with Crippen LogP contribution in [0, 0.1) is 5.92 Å². The third kappa shape index (κ3) is 5.50. The summed E-state index contributed by atoms with van der Waals surface area (Å²) in [5, 5.41) is 0. The molecule has 1 heterocycles. The number of hydrogen-bond acceptors (Lipinski definition) is 3. The van der Waals surface area contributed by atoms with E-state index in [1.165, 1.54) is 18.5 Å². The molecule has 1 saturated heterocycles. The first-order chi connectivity index (χ1) is 11.8. The van der Waals surface area contributed by atoms with E-state index in [1.807, 2.05) is 24.3 Å². The van der Waals surface area contributed by atoms with E-state index in [4.69, 9.17) is 9.47 Å². The van der Waals surface area contributed by atoms with Gasteiger partial charge in [0.2, 0.25) is 0 Å². The van der Waals surface area contributed by atoms with Gasteiger partial charge >= 0.3 is 0 Å². The van der Waals surface area contributed by atoms with Gasteiger partial charge in [0.1, 0.15) is 11.5 Å². The lowest BCUT2D eigenvalue weighted by atomic mass is 9.81. The minimum absolute atomic E-state index is 0. The zero-order valence-corrected chi connectivity index (χ0v) is 17.4. The maximum Gasteiger partial charge on any atom is 0.119 e. The van der Waals surface area contributed by atoms with Crippen LogP contribution in [0.2, 0.25) is 0 Å². The Morgan fingerprint density at radius 1 is 1.04 bits per heavy atom. The Labute approximate surface area is 170 Å². The normalized spacial score (nSPS) is 20.6. The fourth-order valence-electron chi connectivity index (χ4n) is 3.40. The predicted molar refractivity (Wildman–Crippen MR) is 113 cm³/mol. The summed E-state index contributed by atoms with van der Waals surface area (Å²) >= 11 is 2.46. The Kier molecular flexibility index (Phi) is 8.33. The van der Waals surface area contributed by atoms with Crippen LogP contribution in [-0.2, 0) is 0 Å². The van der Waals surface area contributed by atoms with Crippen LogP contribution in [0.25, 0.3) is 0 Å². The number of ether oxygens (including phenoxy) is 2. The highest BCUT2D eigenvalue weighted by Crippen LogP contribution is 2.33. The lowest BCUT2D eigenvalue weighted by Crippen LogP contribution is -2.41. The SMILES string of the molecule is COc1ccc(OCC2CN(CI)CCC2c2ccccc2)cc1.Cl. The van der Waals surface area contributed by atoms with Crippen molar-refractivity contribution in [2.75, 3.05) is 31.4 Å². The molecule has 0 amide bonds. The molecule has 2 atom stereocenters. The van der Waals surface area contributed by atoms with Crippen LogP contribution >= 0.6 is 35.0 Å². The van der Waals surface area contributed by atoms with Gasteiger partial charge in [0.25, 0.3) is 0 Å². The van der Waals surface area contributed by atoms with Gasteiger partial charge in [-0.15, -0.1) is 12.4 Å². The standard InChI is InChI=1S/C20H24INO2.ClH/c1-23-18-7-9-19(10-8-18)24-14-17-13-22(15-21)12-11-20(17)16-5-3-2-4-6-16;/h2-10,17,20H,11-15H2,1H3;1H. The Bertz CT molecular complexity index is 623. The molecule has 0 aliphatic carbocycles. The minimum atomic E-state index is 0. The fraction of sp³-hybridized carbons (Fsp3) is 0.400. The van der Waals surface area contributed by atoms with Gasteiger partial charge in [-0.25, -0.2) is 0 Å². The highest BCUT2D eigenvalue weighted by Gasteiger charge is 2.30. The molecule has 3 nitrogen and oxygen atoms in total. The molecule has 0 spiro atoms. The molecule has 3 rings (SSSR count). The van der Waals surface area contributed by atoms with E-state index >= 15 is 0 Å². The molecule has 1 aliphatic rings. The highest BCUT2D eigenvalue weighted by molar-refractivity contribution is 14.1. The molecule has 1 fully saturated rings. The molecule has 2 unspecified atom stereocenters. The third-order valence-electron chi connectivity index (χ3n) is 4.74. The smallest absolute Gasteiger partial charge is 0.119 e. The number of alkyl halides is 1. The lowest BCUT2D eigenvalue weighted by Gasteiger charge is -2.38. The quantitative estimate of drug-likeness (QED) is 0.335. The first kappa shape index (κ1) is 20.3. The number of halogens is 2. The maximum atomic E-state index is 6.10. The Morgan fingerprint density at radius 2 is 1.72 bits per heavy atom. The maximum absolute atomic E-state index is 6.10. The number of piperidine rings is 1. The summed E-state index contributed by atoms with van der Waals surface area (Å²) in [6.07, 6.45) is 1.20. The van der Waals surface area contributed by atoms with Crippen molar-refractivity contribution in [3.8, 4) is 11.5 Å². The first-order valence-corrected chi connectivity index (χ1v) is 9.93. The topological polar surface area (TPSA) is 21.7 Å². The number of nitrogens with zero attached hydrogens (tertiary/aromatic N) is 1. The largest absolute Gasteiger partial charge is 0.497 e. The zero-order chi connectivity index (χ0) is 16.8. The monoisotopic (exact) mass is 473 g/mol. The molecule has 0 radical (unpaired) electrons. The number of benzene rings is 2. The van der Waals surface area contributed by atoms with Crippen LogP contribution in [-0.4, -0.2) is 36.3 Å². The van der Waals surface area contributed by atoms with Crippen LogP contribution in [0.1, 0.15) is 17.9 Å². The summed E-state index contributed by atoms with van der Waals surface area (Å²) in [5.41, 5.74) is 1.44. The summed E-state index contributed by atoms with van der Waals surface area (Å²) in [5.74, 6) is 2.86. The molecule has 0 saturated carbocycles. The van der Waals surface area contributed by atoms with Crippen molar-refractivity contribution in [2.45, 2.75) is 12.3 Å². The van der Waals surface area contributed by atoms with Gasteiger partial charge < -0.3 is 9.47 Å². The van der Waals surface area contributed by atoms with Crippen LogP contribution < -0.4 is 9.47 Å². The van der Waals surface area contributed by atoms with Crippen molar-refractivity contribution in [1.29, 1.82) is 0 Å². The number of likely N-dealkylation sites (tertiary alicyclic amines) is 1. The van der Waals surface area contributed by atoms with Crippen LogP contribution in [0.4, 0.5) is 0 Å². The van der Waals surface area contributed by atoms with E-state index in [1.54, 1.807) is 7.11 Å². The number of methoxy groups -OCH3 is 1. The summed E-state index contributed by atoms with van der Waals surface area (Å²) in [6, 6.07) is 18.7. The van der Waals surface area contributed by atoms with E-state index < -0.39 is 0 Å². The second-order valence-electron chi connectivity index (χ2n) is 6.25. The van der Waals surface area contributed by atoms with Crippen molar-refractivity contribution in [2.24, 2.45) is 5.92 Å². The van der Waals surface area contributed by atoms with E-state index in [2.05, 4.69) is 57.8 Å². The highest BCUT2D eigenvalue weighted by atomic mass is 127. The molecule has 2 aromatic rings. The molecule has 1 aliphatic heterocycles. The van der Waals surface area contributed by atoms with E-state index in [-0.39, 0.29) is 12.4 Å². The van der Waals surface area contributed by atoms with Crippen LogP contribution in [0.3, 0.4) is 0 Å². The summed E-state index contributed by atoms with van der Waals surface area (Å²) in [7, 11) is 1.68. The van der Waals surface area contributed by atoms with Gasteiger partial charge in [0, 0.05) is 12.5 Å². The van der Waals surface area contributed by atoms with Gasteiger partial charge in [0.05, 0.1) is 18.3 Å². The van der Waals surface area contributed by atoms with E-state index in [0.717, 1.165) is 29.2 Å². The molecule has 136 valence electrons. The average molecular weight is 474 g/mol. The Morgan fingerprint density at radius 3 is 2.36 bits per heavy atom. The van der Waals surface area contributed by atoms with Crippen molar-refractivity contribution in [3.63, 3.8) is 0 Å². The van der Waals surface area contributed by atoms with Crippen molar-refractivity contribution in [1.82, 2.24) is 4.90 Å². The molecule has 0 aromatic heterocycles. The van der Waals surface area contributed by atoms with Crippen LogP contribution in [0.5, 0.6) is 11.5 Å². The second kappa shape index (κ2) is 10.2. The summed E-state index contributed by atoms with van der Waals surface area (Å²) < 4.78 is 12.4. The lowest BCUT2D eigenvalue weighted by molar-refractivity contribution is 0.127.